The summed E-state index contributed by atoms with van der Waals surface area (Å²) in [4.78, 5) is 20.2. The first-order valence-electron chi connectivity index (χ1n) is 6.60. The highest BCUT2D eigenvalue weighted by Gasteiger charge is 2.21. The van der Waals surface area contributed by atoms with Gasteiger partial charge >= 0.3 is 0 Å². The Balaban J connectivity index is 1.66. The van der Waals surface area contributed by atoms with Gasteiger partial charge in [0.15, 0.2) is 5.65 Å². The molecule has 2 aromatic heterocycles. The van der Waals surface area contributed by atoms with Gasteiger partial charge in [-0.15, -0.1) is 5.10 Å². The molecule has 1 amide bonds. The zero-order chi connectivity index (χ0) is 13.9. The van der Waals surface area contributed by atoms with E-state index in [1.165, 1.54) is 0 Å². The van der Waals surface area contributed by atoms with E-state index in [1.54, 1.807) is 22.5 Å². The lowest BCUT2D eigenvalue weighted by atomic mass is 10.3. The number of thioether (sulfide) groups is 1. The second-order valence-corrected chi connectivity index (χ2v) is 5.59. The average Bonchev–Trinajstić information content (AvgIpc) is 2.95. The minimum atomic E-state index is 0.232. The summed E-state index contributed by atoms with van der Waals surface area (Å²) < 4.78 is 1.78. The molecule has 0 aliphatic carbocycles. The highest BCUT2D eigenvalue weighted by molar-refractivity contribution is 7.99. The Kier molecular flexibility index (Phi) is 3.77. The van der Waals surface area contributed by atoms with E-state index < -0.39 is 0 Å². The van der Waals surface area contributed by atoms with Crippen molar-refractivity contribution in [1.29, 1.82) is 0 Å². The maximum absolute atomic E-state index is 11.8. The topological polar surface area (TPSA) is 53.7 Å². The summed E-state index contributed by atoms with van der Waals surface area (Å²) in [5.41, 5.74) is 0.850. The number of carbonyl (C=O) groups excluding carboxylic acids is 1. The number of amides is 1. The van der Waals surface area contributed by atoms with E-state index in [0.717, 1.165) is 37.6 Å². The lowest BCUT2D eigenvalue weighted by Crippen LogP contribution is -2.49. The first-order valence-corrected chi connectivity index (χ1v) is 7.99. The van der Waals surface area contributed by atoms with Crippen LogP contribution in [-0.4, -0.2) is 63.6 Å². The smallest absolute Gasteiger partial charge is 0.232 e. The predicted molar refractivity (Wildman–Crippen MR) is 80.2 cm³/mol. The second kappa shape index (κ2) is 5.70. The van der Waals surface area contributed by atoms with Gasteiger partial charge in [0, 0.05) is 38.6 Å². The molecule has 3 rings (SSSR count). The van der Waals surface area contributed by atoms with Crippen molar-refractivity contribution in [3.05, 3.63) is 24.5 Å². The van der Waals surface area contributed by atoms with Gasteiger partial charge < -0.3 is 9.80 Å². The van der Waals surface area contributed by atoms with Gasteiger partial charge in [-0.3, -0.25) is 4.79 Å². The van der Waals surface area contributed by atoms with Gasteiger partial charge in [0.1, 0.15) is 5.82 Å². The molecule has 20 heavy (non-hydrogen) atoms. The Hall–Kier alpha value is -1.76. The van der Waals surface area contributed by atoms with E-state index in [9.17, 15) is 4.79 Å². The summed E-state index contributed by atoms with van der Waals surface area (Å²) in [5.74, 6) is 1.74. The summed E-state index contributed by atoms with van der Waals surface area (Å²) in [7, 11) is 0. The summed E-state index contributed by atoms with van der Waals surface area (Å²) in [5, 5.41) is 4.54. The minimum absolute atomic E-state index is 0.232. The van der Waals surface area contributed by atoms with Gasteiger partial charge in [-0.1, -0.05) is 0 Å². The summed E-state index contributed by atoms with van der Waals surface area (Å²) in [6.45, 7) is 3.19. The van der Waals surface area contributed by atoms with Crippen molar-refractivity contribution in [3.8, 4) is 0 Å². The number of carbonyl (C=O) groups is 1. The Bertz CT molecular complexity index is 606. The Labute approximate surface area is 121 Å². The van der Waals surface area contributed by atoms with Gasteiger partial charge in [-0.05, 0) is 18.4 Å². The van der Waals surface area contributed by atoms with Crippen molar-refractivity contribution in [3.63, 3.8) is 0 Å². The number of hydrogen-bond donors (Lipinski definition) is 0. The highest BCUT2D eigenvalue weighted by Crippen LogP contribution is 2.14. The van der Waals surface area contributed by atoms with E-state index in [1.807, 2.05) is 29.5 Å². The molecule has 0 atom stereocenters. The molecule has 0 bridgehead atoms. The van der Waals surface area contributed by atoms with E-state index in [2.05, 4.69) is 15.0 Å². The molecule has 0 N–H and O–H groups in total. The molecule has 106 valence electrons. The number of fused-ring (bicyclic) bond motifs is 1. The van der Waals surface area contributed by atoms with Crippen LogP contribution in [0.1, 0.15) is 0 Å². The minimum Gasteiger partial charge on any atom is -0.352 e. The van der Waals surface area contributed by atoms with Crippen LogP contribution in [0.15, 0.2) is 24.5 Å². The number of hydrogen-bond acceptors (Lipinski definition) is 5. The van der Waals surface area contributed by atoms with Crippen LogP contribution in [0.4, 0.5) is 5.82 Å². The predicted octanol–water partition coefficient (Wildman–Crippen LogP) is 0.741. The fourth-order valence-electron chi connectivity index (χ4n) is 2.37. The molecule has 6 nitrogen and oxygen atoms in total. The normalized spacial score (nSPS) is 15.8. The molecule has 0 spiro atoms. The molecule has 0 unspecified atom stereocenters. The number of anilines is 1. The molecule has 0 saturated carbocycles. The maximum Gasteiger partial charge on any atom is 0.232 e. The zero-order valence-corrected chi connectivity index (χ0v) is 12.2. The molecule has 1 saturated heterocycles. The second-order valence-electron chi connectivity index (χ2n) is 4.72. The van der Waals surface area contributed by atoms with Gasteiger partial charge in [0.25, 0.3) is 0 Å². The van der Waals surface area contributed by atoms with Crippen LogP contribution >= 0.6 is 11.8 Å². The standard InChI is InChI=1S/C13H17N5OS/c1-20-10-13(19)17-8-6-16(7-9-17)12-3-2-11-14-4-5-18(11)15-12/h2-5H,6-10H2,1H3. The molecule has 0 aromatic carbocycles. The van der Waals surface area contributed by atoms with Crippen LogP contribution in [0, 0.1) is 0 Å². The molecule has 1 aliphatic rings. The van der Waals surface area contributed by atoms with Crippen LogP contribution in [0.5, 0.6) is 0 Å². The fourth-order valence-corrected chi connectivity index (χ4v) is 2.80. The summed E-state index contributed by atoms with van der Waals surface area (Å²) >= 11 is 1.58. The lowest BCUT2D eigenvalue weighted by Gasteiger charge is -2.35. The summed E-state index contributed by atoms with van der Waals surface area (Å²) in [6.07, 6.45) is 5.54. The molecule has 3 heterocycles. The number of rotatable bonds is 3. The van der Waals surface area contributed by atoms with E-state index >= 15 is 0 Å². The third-order valence-electron chi connectivity index (χ3n) is 3.47. The van der Waals surface area contributed by atoms with Crippen molar-refractivity contribution in [2.24, 2.45) is 0 Å². The van der Waals surface area contributed by atoms with Crippen LogP contribution in [0.3, 0.4) is 0 Å². The van der Waals surface area contributed by atoms with Crippen LogP contribution in [0.2, 0.25) is 0 Å². The van der Waals surface area contributed by atoms with E-state index in [4.69, 9.17) is 0 Å². The largest absolute Gasteiger partial charge is 0.352 e. The van der Waals surface area contributed by atoms with Crippen molar-refractivity contribution < 1.29 is 4.79 Å². The van der Waals surface area contributed by atoms with Crippen molar-refractivity contribution in [1.82, 2.24) is 19.5 Å². The number of aromatic nitrogens is 3. The van der Waals surface area contributed by atoms with Gasteiger partial charge in [0.2, 0.25) is 5.91 Å². The maximum atomic E-state index is 11.8. The Morgan fingerprint density at radius 2 is 2.10 bits per heavy atom. The Morgan fingerprint density at radius 1 is 1.30 bits per heavy atom. The van der Waals surface area contributed by atoms with Gasteiger partial charge in [0.05, 0.1) is 5.75 Å². The van der Waals surface area contributed by atoms with Crippen molar-refractivity contribution in [2.45, 2.75) is 0 Å². The molecule has 1 aliphatic heterocycles. The van der Waals surface area contributed by atoms with E-state index in [-0.39, 0.29) is 5.91 Å². The highest BCUT2D eigenvalue weighted by atomic mass is 32.2. The van der Waals surface area contributed by atoms with Gasteiger partial charge in [-0.25, -0.2) is 9.50 Å². The van der Waals surface area contributed by atoms with Gasteiger partial charge in [-0.2, -0.15) is 11.8 Å². The molecular weight excluding hydrogens is 274 g/mol. The summed E-state index contributed by atoms with van der Waals surface area (Å²) in [6, 6.07) is 3.95. The van der Waals surface area contributed by atoms with Crippen LogP contribution < -0.4 is 4.90 Å². The van der Waals surface area contributed by atoms with E-state index in [0.29, 0.717) is 5.75 Å². The first kappa shape index (κ1) is 13.2. The van der Waals surface area contributed by atoms with Crippen LogP contribution in [0.25, 0.3) is 5.65 Å². The quantitative estimate of drug-likeness (QED) is 0.835. The lowest BCUT2D eigenvalue weighted by molar-refractivity contribution is -0.128. The van der Waals surface area contributed by atoms with Crippen molar-refractivity contribution >= 4 is 29.1 Å². The number of piperazine rings is 1. The fraction of sp³-hybridized carbons (Fsp3) is 0.462. The van der Waals surface area contributed by atoms with Crippen LogP contribution in [-0.2, 0) is 4.79 Å². The third kappa shape index (κ3) is 2.58. The SMILES string of the molecule is CSCC(=O)N1CCN(c2ccc3nccn3n2)CC1. The first-order chi connectivity index (χ1) is 9.78. The molecular formula is C13H17N5OS. The Morgan fingerprint density at radius 3 is 2.85 bits per heavy atom. The molecule has 1 fully saturated rings. The monoisotopic (exact) mass is 291 g/mol. The third-order valence-corrected chi connectivity index (χ3v) is 4.00. The zero-order valence-electron chi connectivity index (χ0n) is 11.4. The molecule has 2 aromatic rings. The number of nitrogens with zero attached hydrogens (tertiary/aromatic N) is 5. The number of imidazole rings is 1. The van der Waals surface area contributed by atoms with Crippen molar-refractivity contribution in [2.75, 3.05) is 43.1 Å². The molecule has 0 radical (unpaired) electrons. The molecule has 7 heteroatoms. The average molecular weight is 291 g/mol.